The topological polar surface area (TPSA) is 237 Å². The summed E-state index contributed by atoms with van der Waals surface area (Å²) in [4.78, 5) is 73.0. The van der Waals surface area contributed by atoms with Crippen molar-refractivity contribution in [2.45, 2.75) is 432 Å². The Morgan fingerprint density at radius 3 is 0.694 bits per heavy atom. The maximum absolute atomic E-state index is 13.1. The van der Waals surface area contributed by atoms with E-state index in [2.05, 4.69) is 41.5 Å². The first-order valence-electron chi connectivity index (χ1n) is 41.0. The Hall–Kier alpha value is -1.94. The molecule has 0 saturated carbocycles. The molecule has 0 aromatic rings. The third-order valence-electron chi connectivity index (χ3n) is 18.5. The number of aliphatic hydroxyl groups is 1. The number of unbranched alkanes of at least 4 members (excludes halogenated alkanes) is 48. The minimum Gasteiger partial charge on any atom is -0.462 e. The van der Waals surface area contributed by atoms with Crippen molar-refractivity contribution in [1.82, 2.24) is 0 Å². The fourth-order valence-corrected chi connectivity index (χ4v) is 13.8. The zero-order chi connectivity index (χ0) is 72.1. The highest BCUT2D eigenvalue weighted by Gasteiger charge is 2.30. The Kier molecular flexibility index (Phi) is 69.3. The summed E-state index contributed by atoms with van der Waals surface area (Å²) in [6.45, 7) is 9.67. The lowest BCUT2D eigenvalue weighted by Crippen LogP contribution is -2.30. The maximum Gasteiger partial charge on any atom is 0.472 e. The van der Waals surface area contributed by atoms with Gasteiger partial charge in [-0.25, -0.2) is 9.13 Å². The zero-order valence-corrected chi connectivity index (χ0v) is 65.9. The molecular weight excluding hydrogens is 1280 g/mol. The van der Waals surface area contributed by atoms with Crippen LogP contribution in [0.5, 0.6) is 0 Å². The molecule has 0 rings (SSSR count). The summed E-state index contributed by atoms with van der Waals surface area (Å²) in [7, 11) is -9.92. The Morgan fingerprint density at radius 2 is 0.469 bits per heavy atom. The summed E-state index contributed by atoms with van der Waals surface area (Å²) in [6.07, 6.45) is 59.5. The number of aliphatic hydroxyl groups excluding tert-OH is 1. The molecule has 0 saturated heterocycles. The Morgan fingerprint density at radius 1 is 0.276 bits per heavy atom. The van der Waals surface area contributed by atoms with Crippen LogP contribution in [0.4, 0.5) is 0 Å². The van der Waals surface area contributed by atoms with Crippen molar-refractivity contribution in [3.05, 3.63) is 0 Å². The second-order valence-electron chi connectivity index (χ2n) is 29.4. The van der Waals surface area contributed by atoms with Crippen LogP contribution in [-0.2, 0) is 65.4 Å². The zero-order valence-electron chi connectivity index (χ0n) is 64.1. The van der Waals surface area contributed by atoms with Gasteiger partial charge in [-0.3, -0.25) is 37.3 Å². The van der Waals surface area contributed by atoms with E-state index in [1.54, 1.807) is 0 Å². The standard InChI is InChI=1S/C79H154O17P2/c1-7-9-11-13-15-17-19-31-37-43-49-55-61-76(81)89-67-74(95-78(83)63-57-51-45-39-32-20-18-16-14-12-10-8-2)69-93-97(85,86)91-65-73(80)66-92-98(87,88)94-70-75(68-90-77(82)62-56-50-44-38-33-28-24-26-30-36-42-48-54-60-72(5)6)96-79(84)64-58-52-46-40-34-27-23-21-22-25-29-35-41-47-53-59-71(3)4/h71-75,80H,7-70H2,1-6H3,(H,85,86)(H,87,88)/t73-,74+,75+/m0/s1. The molecule has 98 heavy (non-hydrogen) atoms. The lowest BCUT2D eigenvalue weighted by molar-refractivity contribution is -0.161. The van der Waals surface area contributed by atoms with E-state index in [1.807, 2.05) is 0 Å². The van der Waals surface area contributed by atoms with Gasteiger partial charge in [0, 0.05) is 25.7 Å². The molecule has 0 spiro atoms. The molecule has 0 radical (unpaired) electrons. The molecule has 17 nitrogen and oxygen atoms in total. The van der Waals surface area contributed by atoms with Gasteiger partial charge in [0.1, 0.15) is 19.3 Å². The van der Waals surface area contributed by atoms with Crippen molar-refractivity contribution in [3.63, 3.8) is 0 Å². The van der Waals surface area contributed by atoms with E-state index in [0.717, 1.165) is 102 Å². The van der Waals surface area contributed by atoms with E-state index in [9.17, 15) is 43.2 Å². The van der Waals surface area contributed by atoms with Crippen LogP contribution < -0.4 is 0 Å². The fraction of sp³-hybridized carbons (Fsp3) is 0.949. The number of hydrogen-bond donors (Lipinski definition) is 3. The number of phosphoric ester groups is 2. The van der Waals surface area contributed by atoms with Gasteiger partial charge in [0.15, 0.2) is 12.2 Å². The van der Waals surface area contributed by atoms with Crippen LogP contribution in [0.2, 0.25) is 0 Å². The average molecular weight is 1440 g/mol. The van der Waals surface area contributed by atoms with Crippen molar-refractivity contribution in [3.8, 4) is 0 Å². The van der Waals surface area contributed by atoms with Crippen molar-refractivity contribution in [1.29, 1.82) is 0 Å². The average Bonchev–Trinajstić information content (AvgIpc) is 1.14. The van der Waals surface area contributed by atoms with Crippen LogP contribution in [0.1, 0.15) is 414 Å². The molecule has 19 heteroatoms. The summed E-state index contributed by atoms with van der Waals surface area (Å²) >= 11 is 0. The summed E-state index contributed by atoms with van der Waals surface area (Å²) in [5, 5.41) is 10.6. The van der Waals surface area contributed by atoms with Crippen molar-refractivity contribution >= 4 is 39.5 Å². The predicted molar refractivity (Wildman–Crippen MR) is 400 cm³/mol. The van der Waals surface area contributed by atoms with E-state index in [0.29, 0.717) is 25.7 Å². The normalized spacial score (nSPS) is 13.9. The molecule has 2 unspecified atom stereocenters. The monoisotopic (exact) mass is 1440 g/mol. The molecule has 0 aliphatic rings. The van der Waals surface area contributed by atoms with Gasteiger partial charge in [0.05, 0.1) is 26.4 Å². The molecule has 0 aromatic heterocycles. The molecule has 582 valence electrons. The number of esters is 4. The summed E-state index contributed by atoms with van der Waals surface area (Å²) in [5.41, 5.74) is 0. The molecule has 0 bridgehead atoms. The third-order valence-corrected chi connectivity index (χ3v) is 20.4. The van der Waals surface area contributed by atoms with Gasteiger partial charge in [0.25, 0.3) is 0 Å². The molecular formula is C79H154O17P2. The van der Waals surface area contributed by atoms with Crippen molar-refractivity contribution in [2.24, 2.45) is 11.8 Å². The highest BCUT2D eigenvalue weighted by molar-refractivity contribution is 7.47. The molecule has 0 fully saturated rings. The van der Waals surface area contributed by atoms with Gasteiger partial charge < -0.3 is 33.8 Å². The van der Waals surface area contributed by atoms with Crippen LogP contribution >= 0.6 is 15.6 Å². The van der Waals surface area contributed by atoms with Gasteiger partial charge in [-0.05, 0) is 37.5 Å². The first-order valence-corrected chi connectivity index (χ1v) is 44.0. The van der Waals surface area contributed by atoms with Crippen LogP contribution in [0.3, 0.4) is 0 Å². The highest BCUT2D eigenvalue weighted by Crippen LogP contribution is 2.45. The van der Waals surface area contributed by atoms with E-state index >= 15 is 0 Å². The number of ether oxygens (including phenoxy) is 4. The lowest BCUT2D eigenvalue weighted by Gasteiger charge is -2.21. The van der Waals surface area contributed by atoms with Crippen molar-refractivity contribution < 1.29 is 80.2 Å². The van der Waals surface area contributed by atoms with Crippen molar-refractivity contribution in [2.75, 3.05) is 39.6 Å². The number of phosphoric acid groups is 2. The Bertz CT molecular complexity index is 1890. The maximum atomic E-state index is 13.1. The fourth-order valence-electron chi connectivity index (χ4n) is 12.2. The smallest absolute Gasteiger partial charge is 0.462 e. The predicted octanol–water partition coefficient (Wildman–Crippen LogP) is 23.5. The van der Waals surface area contributed by atoms with E-state index < -0.39 is 97.5 Å². The minimum absolute atomic E-state index is 0.108. The number of rotatable bonds is 78. The summed E-state index contributed by atoms with van der Waals surface area (Å²) in [5.74, 6) is -0.515. The van der Waals surface area contributed by atoms with Gasteiger partial charge in [-0.2, -0.15) is 0 Å². The Labute approximate surface area is 600 Å². The molecule has 0 aromatic carbocycles. The number of hydrogen-bond acceptors (Lipinski definition) is 15. The first-order chi connectivity index (χ1) is 47.4. The molecule has 5 atom stereocenters. The largest absolute Gasteiger partial charge is 0.472 e. The molecule has 0 aliphatic heterocycles. The van der Waals surface area contributed by atoms with E-state index in [4.69, 9.17) is 37.0 Å². The third kappa shape index (κ3) is 72.4. The first kappa shape index (κ1) is 96.1. The molecule has 0 amide bonds. The molecule has 3 N–H and O–H groups in total. The van der Waals surface area contributed by atoms with Crippen LogP contribution in [0.15, 0.2) is 0 Å². The summed E-state index contributed by atoms with van der Waals surface area (Å²) in [6, 6.07) is 0. The second kappa shape index (κ2) is 70.7. The number of carbonyl (C=O) groups is 4. The SMILES string of the molecule is CCCCCCCCCCCCCCC(=O)OC[C@H](COP(=O)(O)OC[C@H](O)COP(=O)(O)OC[C@@H](COC(=O)CCCCCCCCCCCCCCCC(C)C)OC(=O)CCCCCCCCCCCCCCCCCC(C)C)OC(=O)CCCCCCCCCCCCCC. The second-order valence-corrected chi connectivity index (χ2v) is 32.3. The van der Waals surface area contributed by atoms with Crippen LogP contribution in [0, 0.1) is 11.8 Å². The van der Waals surface area contributed by atoms with E-state index in [1.165, 1.54) is 231 Å². The van der Waals surface area contributed by atoms with Crippen LogP contribution in [0.25, 0.3) is 0 Å². The molecule has 0 heterocycles. The van der Waals surface area contributed by atoms with Gasteiger partial charge in [0.2, 0.25) is 0 Å². The quantitative estimate of drug-likeness (QED) is 0.0222. The lowest BCUT2D eigenvalue weighted by atomic mass is 10.0. The van der Waals surface area contributed by atoms with Gasteiger partial charge >= 0.3 is 39.5 Å². The molecule has 0 aliphatic carbocycles. The van der Waals surface area contributed by atoms with Gasteiger partial charge in [-0.1, -0.05) is 363 Å². The minimum atomic E-state index is -4.96. The highest BCUT2D eigenvalue weighted by atomic mass is 31.2. The number of carbonyl (C=O) groups excluding carboxylic acids is 4. The van der Waals surface area contributed by atoms with Gasteiger partial charge in [-0.15, -0.1) is 0 Å². The summed E-state index contributed by atoms with van der Waals surface area (Å²) < 4.78 is 68.7. The van der Waals surface area contributed by atoms with E-state index in [-0.39, 0.29) is 25.7 Å². The van der Waals surface area contributed by atoms with Crippen LogP contribution in [-0.4, -0.2) is 96.7 Å². The Balaban J connectivity index is 5.25.